The van der Waals surface area contributed by atoms with E-state index in [-0.39, 0.29) is 18.8 Å². The van der Waals surface area contributed by atoms with Gasteiger partial charge in [0.2, 0.25) is 5.69 Å². The molecule has 8 nitrogen and oxygen atoms in total. The van der Waals surface area contributed by atoms with Gasteiger partial charge in [-0.2, -0.15) is 9.78 Å². The van der Waals surface area contributed by atoms with Crippen molar-refractivity contribution in [3.05, 3.63) is 56.6 Å². The van der Waals surface area contributed by atoms with Crippen LogP contribution in [0.4, 0.5) is 4.39 Å². The van der Waals surface area contributed by atoms with E-state index in [4.69, 9.17) is 4.74 Å². The highest BCUT2D eigenvalue weighted by Crippen LogP contribution is 2.08. The lowest BCUT2D eigenvalue weighted by Gasteiger charge is -2.11. The zero-order chi connectivity index (χ0) is 18.4. The number of nitrogens with zero attached hydrogens (tertiary/aromatic N) is 3. The van der Waals surface area contributed by atoms with Gasteiger partial charge in [0, 0.05) is 26.8 Å². The molecule has 0 atom stereocenters. The van der Waals surface area contributed by atoms with Gasteiger partial charge in [0.1, 0.15) is 11.5 Å². The molecule has 1 amide bonds. The molecule has 0 bridgehead atoms. The molecule has 0 spiro atoms. The van der Waals surface area contributed by atoms with Gasteiger partial charge in [-0.3, -0.25) is 14.2 Å². The van der Waals surface area contributed by atoms with Crippen LogP contribution in [0.15, 0.2) is 33.9 Å². The summed E-state index contributed by atoms with van der Waals surface area (Å²) in [4.78, 5) is 37.0. The third-order valence-corrected chi connectivity index (χ3v) is 3.48. The van der Waals surface area contributed by atoms with Gasteiger partial charge in [-0.25, -0.2) is 9.18 Å². The quantitative estimate of drug-likeness (QED) is 0.726. The number of amides is 1. The van der Waals surface area contributed by atoms with Crippen LogP contribution in [0.25, 0.3) is 5.69 Å². The summed E-state index contributed by atoms with van der Waals surface area (Å²) in [6.45, 7) is 2.33. The lowest BCUT2D eigenvalue weighted by Crippen LogP contribution is -2.45. The van der Waals surface area contributed by atoms with Gasteiger partial charge in [0.05, 0.1) is 0 Å². The number of methoxy groups -OCH3 is 1. The Bertz CT molecular complexity index is 875. The molecule has 0 aliphatic rings. The van der Waals surface area contributed by atoms with Crippen molar-refractivity contribution in [1.82, 2.24) is 19.7 Å². The number of aromatic nitrogens is 3. The van der Waals surface area contributed by atoms with Crippen molar-refractivity contribution in [3.8, 4) is 5.69 Å². The normalized spacial score (nSPS) is 10.7. The number of nitrogens with one attached hydrogen (secondary N) is 1. The number of ether oxygens (including phenoxy) is 1. The molecule has 0 unspecified atom stereocenters. The molecule has 1 heterocycles. The predicted molar refractivity (Wildman–Crippen MR) is 88.6 cm³/mol. The van der Waals surface area contributed by atoms with E-state index in [0.29, 0.717) is 13.0 Å². The van der Waals surface area contributed by atoms with E-state index >= 15 is 0 Å². The Morgan fingerprint density at radius 1 is 1.32 bits per heavy atom. The first-order chi connectivity index (χ1) is 12.0. The van der Waals surface area contributed by atoms with Crippen LogP contribution >= 0.6 is 0 Å². The summed E-state index contributed by atoms with van der Waals surface area (Å²) in [5, 5.41) is 6.33. The Balaban J connectivity index is 2.49. The fraction of sp³-hybridized carbons (Fsp3) is 0.375. The highest BCUT2D eigenvalue weighted by atomic mass is 19.1. The highest BCUT2D eigenvalue weighted by molar-refractivity contribution is 5.91. The van der Waals surface area contributed by atoms with Gasteiger partial charge in [-0.15, -0.1) is 0 Å². The second-order valence-electron chi connectivity index (χ2n) is 5.15. The molecule has 1 N–H and O–H groups in total. The van der Waals surface area contributed by atoms with Crippen LogP contribution in [0.1, 0.15) is 23.8 Å². The first-order valence-electron chi connectivity index (χ1n) is 7.77. The molecule has 2 rings (SSSR count). The first-order valence-corrected chi connectivity index (χ1v) is 7.77. The number of benzene rings is 1. The van der Waals surface area contributed by atoms with Crippen LogP contribution in [0.3, 0.4) is 0 Å². The molecule has 0 radical (unpaired) electrons. The van der Waals surface area contributed by atoms with Gasteiger partial charge in [-0.05, 0) is 25.5 Å². The molecule has 0 aliphatic carbocycles. The Hall–Kier alpha value is -2.81. The van der Waals surface area contributed by atoms with Crippen molar-refractivity contribution in [2.45, 2.75) is 19.9 Å². The summed E-state index contributed by atoms with van der Waals surface area (Å²) in [7, 11) is 1.54. The van der Waals surface area contributed by atoms with E-state index in [1.807, 2.05) is 0 Å². The van der Waals surface area contributed by atoms with Crippen LogP contribution in [0, 0.1) is 5.82 Å². The van der Waals surface area contributed by atoms with Crippen molar-refractivity contribution in [3.63, 3.8) is 0 Å². The van der Waals surface area contributed by atoms with E-state index < -0.39 is 28.7 Å². The fourth-order valence-electron chi connectivity index (χ4n) is 2.22. The number of hydrogen-bond donors (Lipinski definition) is 1. The van der Waals surface area contributed by atoms with Crippen molar-refractivity contribution in [2.75, 3.05) is 20.3 Å². The molecule has 9 heteroatoms. The maximum atomic E-state index is 14.0. The molecule has 0 aliphatic heterocycles. The maximum absolute atomic E-state index is 14.0. The van der Waals surface area contributed by atoms with Crippen LogP contribution in [-0.4, -0.2) is 40.5 Å². The van der Waals surface area contributed by atoms with Crippen molar-refractivity contribution < 1.29 is 13.9 Å². The van der Waals surface area contributed by atoms with Gasteiger partial charge >= 0.3 is 5.69 Å². The second kappa shape index (κ2) is 8.34. The Kier molecular flexibility index (Phi) is 6.18. The standard InChI is InChI=1S/C16H19FN4O4/c1-3-20-15(23)13(14(22)18-9-6-10-25-2)19-21(16(20)24)12-8-5-4-7-11(12)17/h4-5,7-8H,3,6,9-10H2,1-2H3,(H,18,22). The molecular weight excluding hydrogens is 331 g/mol. The van der Waals surface area contributed by atoms with Crippen molar-refractivity contribution >= 4 is 5.91 Å². The van der Waals surface area contributed by atoms with E-state index in [0.717, 1.165) is 15.3 Å². The molecule has 0 saturated carbocycles. The average Bonchev–Trinajstić information content (AvgIpc) is 2.60. The minimum atomic E-state index is -0.815. The molecule has 134 valence electrons. The number of carbonyl (C=O) groups is 1. The van der Waals surface area contributed by atoms with E-state index in [9.17, 15) is 18.8 Å². The number of hydrogen-bond acceptors (Lipinski definition) is 5. The summed E-state index contributed by atoms with van der Waals surface area (Å²) in [6, 6.07) is 5.49. The Labute approximate surface area is 142 Å². The minimum absolute atomic E-state index is 0.0264. The van der Waals surface area contributed by atoms with E-state index in [1.165, 1.54) is 25.3 Å². The van der Waals surface area contributed by atoms with Crippen LogP contribution < -0.4 is 16.6 Å². The summed E-state index contributed by atoms with van der Waals surface area (Å²) >= 11 is 0. The van der Waals surface area contributed by atoms with E-state index in [1.54, 1.807) is 6.92 Å². The maximum Gasteiger partial charge on any atom is 0.352 e. The molecule has 1 aromatic heterocycles. The summed E-state index contributed by atoms with van der Waals surface area (Å²) in [5.41, 5.74) is -2.23. The molecule has 0 saturated heterocycles. The van der Waals surface area contributed by atoms with Crippen molar-refractivity contribution in [2.24, 2.45) is 0 Å². The van der Waals surface area contributed by atoms with Gasteiger partial charge in [-0.1, -0.05) is 12.1 Å². The highest BCUT2D eigenvalue weighted by Gasteiger charge is 2.20. The molecule has 25 heavy (non-hydrogen) atoms. The van der Waals surface area contributed by atoms with Gasteiger partial charge in [0.15, 0.2) is 0 Å². The number of halogens is 1. The third kappa shape index (κ3) is 4.00. The predicted octanol–water partition coefficient (Wildman–Crippen LogP) is 0.320. The first kappa shape index (κ1) is 18.5. The molecule has 0 fully saturated rings. The average molecular weight is 350 g/mol. The fourth-order valence-corrected chi connectivity index (χ4v) is 2.22. The zero-order valence-electron chi connectivity index (χ0n) is 14.0. The zero-order valence-corrected chi connectivity index (χ0v) is 14.0. The van der Waals surface area contributed by atoms with Crippen LogP contribution in [0.5, 0.6) is 0 Å². The topological polar surface area (TPSA) is 95.2 Å². The number of rotatable bonds is 7. The number of carbonyl (C=O) groups excluding carboxylic acids is 1. The van der Waals surface area contributed by atoms with Crippen LogP contribution in [0.2, 0.25) is 0 Å². The third-order valence-electron chi connectivity index (χ3n) is 3.48. The SMILES string of the molecule is CCn1c(=O)c(C(=O)NCCCOC)nn(-c2ccccc2F)c1=O. The minimum Gasteiger partial charge on any atom is -0.385 e. The lowest BCUT2D eigenvalue weighted by molar-refractivity contribution is 0.0938. The summed E-state index contributed by atoms with van der Waals surface area (Å²) in [5.74, 6) is -1.42. The monoisotopic (exact) mass is 350 g/mol. The largest absolute Gasteiger partial charge is 0.385 e. The smallest absolute Gasteiger partial charge is 0.352 e. The Morgan fingerprint density at radius 2 is 2.04 bits per heavy atom. The Morgan fingerprint density at radius 3 is 2.68 bits per heavy atom. The summed E-state index contributed by atoms with van der Waals surface area (Å²) in [6.07, 6.45) is 0.553. The van der Waals surface area contributed by atoms with Gasteiger partial charge in [0.25, 0.3) is 11.5 Å². The molecule has 1 aromatic carbocycles. The lowest BCUT2D eigenvalue weighted by atomic mass is 10.3. The number of para-hydroxylation sites is 1. The van der Waals surface area contributed by atoms with E-state index in [2.05, 4.69) is 10.4 Å². The molecule has 2 aromatic rings. The van der Waals surface area contributed by atoms with Gasteiger partial charge < -0.3 is 10.1 Å². The molecular formula is C16H19FN4O4. The van der Waals surface area contributed by atoms with Crippen molar-refractivity contribution in [1.29, 1.82) is 0 Å². The summed E-state index contributed by atoms with van der Waals surface area (Å²) < 4.78 is 20.4. The van der Waals surface area contributed by atoms with Crippen LogP contribution in [-0.2, 0) is 11.3 Å². The second-order valence-corrected chi connectivity index (χ2v) is 5.15.